The van der Waals surface area contributed by atoms with Crippen LogP contribution in [0, 0.1) is 5.92 Å². The zero-order valence-corrected chi connectivity index (χ0v) is 16.2. The van der Waals surface area contributed by atoms with Gasteiger partial charge in [0.25, 0.3) is 0 Å². The van der Waals surface area contributed by atoms with Gasteiger partial charge in [-0.25, -0.2) is 0 Å². The molecule has 26 heavy (non-hydrogen) atoms. The molecule has 136 valence electrons. The van der Waals surface area contributed by atoms with Crippen LogP contribution in [0.1, 0.15) is 29.0 Å². The molecule has 0 aromatic heterocycles. The highest BCUT2D eigenvalue weighted by Gasteiger charge is 2.38. The van der Waals surface area contributed by atoms with Gasteiger partial charge in [0.1, 0.15) is 0 Å². The minimum atomic E-state index is 0.653. The number of fused-ring (bicyclic) bond motifs is 2. The Morgan fingerprint density at radius 2 is 1.92 bits per heavy atom. The summed E-state index contributed by atoms with van der Waals surface area (Å²) in [5.41, 5.74) is 6.89. The molecule has 3 nitrogen and oxygen atoms in total. The number of nitrogens with zero attached hydrogens (tertiary/aromatic N) is 1. The minimum absolute atomic E-state index is 0.653. The first kappa shape index (κ1) is 16.7. The van der Waals surface area contributed by atoms with E-state index < -0.39 is 0 Å². The normalized spacial score (nSPS) is 23.5. The zero-order valence-electron chi connectivity index (χ0n) is 14.7. The maximum Gasteiger partial charge on any atom is 0.0436 e. The highest BCUT2D eigenvalue weighted by molar-refractivity contribution is 6.34. The Hall–Kier alpha value is -1.42. The molecule has 0 amide bonds. The molecular weight excluding hydrogens is 365 g/mol. The standard InChI is InChI=1S/C21H23Cl2N3/c22-16-4-13(5-17(23)7-16)9-25-18-6-14-2-1-3-26-12-15-10-24-11-20(15)19(8-18)21(14)26/h4-8,15,20,24-25H,1-3,9-12H2/t15-,20-/m1/s1. The highest BCUT2D eigenvalue weighted by atomic mass is 35.5. The van der Waals surface area contributed by atoms with Crippen molar-refractivity contribution in [3.8, 4) is 0 Å². The predicted molar refractivity (Wildman–Crippen MR) is 110 cm³/mol. The van der Waals surface area contributed by atoms with Crippen molar-refractivity contribution in [2.45, 2.75) is 25.3 Å². The second kappa shape index (κ2) is 6.63. The number of nitrogens with one attached hydrogen (secondary N) is 2. The lowest BCUT2D eigenvalue weighted by molar-refractivity contribution is 0.470. The van der Waals surface area contributed by atoms with Crippen LogP contribution in [0.25, 0.3) is 0 Å². The van der Waals surface area contributed by atoms with Crippen LogP contribution in [0.15, 0.2) is 30.3 Å². The summed E-state index contributed by atoms with van der Waals surface area (Å²) in [5.74, 6) is 1.40. The predicted octanol–water partition coefficient (Wildman–Crippen LogP) is 4.67. The summed E-state index contributed by atoms with van der Waals surface area (Å²) in [5, 5.41) is 8.58. The highest BCUT2D eigenvalue weighted by Crippen LogP contribution is 2.45. The van der Waals surface area contributed by atoms with Crippen LogP contribution in [-0.2, 0) is 13.0 Å². The van der Waals surface area contributed by atoms with E-state index in [0.717, 1.165) is 31.1 Å². The molecular formula is C21H23Cl2N3. The van der Waals surface area contributed by atoms with E-state index in [9.17, 15) is 0 Å². The molecule has 0 saturated carbocycles. The number of rotatable bonds is 3. The lowest BCUT2D eigenvalue weighted by Crippen LogP contribution is -2.41. The molecule has 2 N–H and O–H groups in total. The van der Waals surface area contributed by atoms with E-state index >= 15 is 0 Å². The van der Waals surface area contributed by atoms with Crippen LogP contribution in [0.3, 0.4) is 0 Å². The molecule has 0 radical (unpaired) electrons. The Bertz CT molecular complexity index is 831. The van der Waals surface area contributed by atoms with Crippen molar-refractivity contribution < 1.29 is 0 Å². The van der Waals surface area contributed by atoms with E-state index in [1.165, 1.54) is 48.4 Å². The first-order chi connectivity index (χ1) is 12.7. The molecule has 0 unspecified atom stereocenters. The van der Waals surface area contributed by atoms with E-state index in [1.807, 2.05) is 12.1 Å². The van der Waals surface area contributed by atoms with Crippen molar-refractivity contribution in [2.75, 3.05) is 36.4 Å². The largest absolute Gasteiger partial charge is 0.381 e. The van der Waals surface area contributed by atoms with Gasteiger partial charge in [-0.1, -0.05) is 23.2 Å². The Balaban J connectivity index is 1.46. The summed E-state index contributed by atoms with van der Waals surface area (Å²) in [7, 11) is 0. The van der Waals surface area contributed by atoms with Crippen molar-refractivity contribution >= 4 is 34.6 Å². The van der Waals surface area contributed by atoms with E-state index in [1.54, 1.807) is 6.07 Å². The van der Waals surface area contributed by atoms with Crippen LogP contribution in [0.2, 0.25) is 10.0 Å². The fourth-order valence-corrected chi connectivity index (χ4v) is 5.49. The average Bonchev–Trinajstić information content (AvgIpc) is 3.08. The quantitative estimate of drug-likeness (QED) is 0.800. The van der Waals surface area contributed by atoms with Crippen LogP contribution in [-0.4, -0.2) is 26.2 Å². The molecule has 2 atom stereocenters. The molecule has 0 spiro atoms. The van der Waals surface area contributed by atoms with E-state index in [-0.39, 0.29) is 0 Å². The van der Waals surface area contributed by atoms with Gasteiger partial charge >= 0.3 is 0 Å². The van der Waals surface area contributed by atoms with Crippen molar-refractivity contribution in [1.82, 2.24) is 5.32 Å². The lowest BCUT2D eigenvalue weighted by Gasteiger charge is -2.42. The topological polar surface area (TPSA) is 27.3 Å². The summed E-state index contributed by atoms with van der Waals surface area (Å²) in [4.78, 5) is 2.63. The molecule has 3 aliphatic heterocycles. The summed E-state index contributed by atoms with van der Waals surface area (Å²) >= 11 is 12.3. The van der Waals surface area contributed by atoms with Gasteiger partial charge in [0.05, 0.1) is 0 Å². The second-order valence-electron chi connectivity index (χ2n) is 7.78. The van der Waals surface area contributed by atoms with Crippen molar-refractivity contribution in [1.29, 1.82) is 0 Å². The summed E-state index contributed by atoms with van der Waals surface area (Å²) in [6.07, 6.45) is 2.44. The van der Waals surface area contributed by atoms with Gasteiger partial charge in [0.2, 0.25) is 0 Å². The first-order valence-corrected chi connectivity index (χ1v) is 10.2. The Labute approximate surface area is 164 Å². The molecule has 3 aliphatic rings. The zero-order chi connectivity index (χ0) is 17.7. The number of aryl methyl sites for hydroxylation is 1. The fraction of sp³-hybridized carbons (Fsp3) is 0.429. The number of anilines is 2. The van der Waals surface area contributed by atoms with Crippen molar-refractivity contribution in [3.05, 3.63) is 57.1 Å². The summed E-state index contributed by atoms with van der Waals surface area (Å²) < 4.78 is 0. The van der Waals surface area contributed by atoms with Gasteiger partial charge in [-0.3, -0.25) is 0 Å². The maximum absolute atomic E-state index is 6.13. The average molecular weight is 388 g/mol. The fourth-order valence-electron chi connectivity index (χ4n) is 4.92. The first-order valence-electron chi connectivity index (χ1n) is 9.49. The third-order valence-electron chi connectivity index (χ3n) is 6.02. The molecule has 0 bridgehead atoms. The van der Waals surface area contributed by atoms with E-state index in [4.69, 9.17) is 23.2 Å². The number of hydrogen-bond donors (Lipinski definition) is 2. The second-order valence-corrected chi connectivity index (χ2v) is 8.65. The monoisotopic (exact) mass is 387 g/mol. The van der Waals surface area contributed by atoms with E-state index in [2.05, 4.69) is 27.7 Å². The van der Waals surface area contributed by atoms with Gasteiger partial charge in [0.15, 0.2) is 0 Å². The van der Waals surface area contributed by atoms with Crippen molar-refractivity contribution in [2.24, 2.45) is 5.92 Å². The number of halogens is 2. The molecule has 5 heteroatoms. The molecule has 0 aliphatic carbocycles. The van der Waals surface area contributed by atoms with Crippen LogP contribution in [0.4, 0.5) is 11.4 Å². The maximum atomic E-state index is 6.13. The van der Waals surface area contributed by atoms with Crippen LogP contribution >= 0.6 is 23.2 Å². The van der Waals surface area contributed by atoms with Gasteiger partial charge in [-0.2, -0.15) is 0 Å². The summed E-state index contributed by atoms with van der Waals surface area (Å²) in [6, 6.07) is 10.5. The molecule has 2 aromatic carbocycles. The Morgan fingerprint density at radius 3 is 2.77 bits per heavy atom. The molecule has 5 rings (SSSR count). The number of hydrogen-bond acceptors (Lipinski definition) is 3. The molecule has 3 heterocycles. The SMILES string of the molecule is Clc1cc(Cl)cc(CNc2cc3c4c(c2)[C@@H]2CNC[C@@H]2CN4CCC3)c1. The van der Waals surface area contributed by atoms with E-state index in [0.29, 0.717) is 16.0 Å². The lowest BCUT2D eigenvalue weighted by atomic mass is 9.80. The number of benzene rings is 2. The Morgan fingerprint density at radius 1 is 1.08 bits per heavy atom. The van der Waals surface area contributed by atoms with Crippen LogP contribution in [0.5, 0.6) is 0 Å². The molecule has 1 saturated heterocycles. The van der Waals surface area contributed by atoms with Crippen molar-refractivity contribution in [3.63, 3.8) is 0 Å². The van der Waals surface area contributed by atoms with Gasteiger partial charge in [-0.15, -0.1) is 0 Å². The third-order valence-corrected chi connectivity index (χ3v) is 6.46. The Kier molecular flexibility index (Phi) is 4.27. The van der Waals surface area contributed by atoms with Gasteiger partial charge in [-0.05, 0) is 65.8 Å². The minimum Gasteiger partial charge on any atom is -0.381 e. The molecule has 2 aromatic rings. The van der Waals surface area contributed by atoms with Gasteiger partial charge in [0, 0.05) is 60.1 Å². The molecule has 1 fully saturated rings. The summed E-state index contributed by atoms with van der Waals surface area (Å²) in [6.45, 7) is 5.41. The smallest absolute Gasteiger partial charge is 0.0436 e. The van der Waals surface area contributed by atoms with Gasteiger partial charge < -0.3 is 15.5 Å². The third kappa shape index (κ3) is 2.96. The van der Waals surface area contributed by atoms with Crippen LogP contribution < -0.4 is 15.5 Å².